The van der Waals surface area contributed by atoms with Gasteiger partial charge in [-0.1, -0.05) is 13.8 Å². The molecule has 0 fully saturated rings. The highest BCUT2D eigenvalue weighted by Gasteiger charge is 2.32. The van der Waals surface area contributed by atoms with E-state index in [9.17, 15) is 4.79 Å². The molecule has 0 unspecified atom stereocenters. The van der Waals surface area contributed by atoms with E-state index in [2.05, 4.69) is 24.6 Å². The molecular formula is C17H27NO3. The number of ether oxygens (including phenoxy) is 2. The van der Waals surface area contributed by atoms with Crippen molar-refractivity contribution >= 4 is 5.78 Å². The van der Waals surface area contributed by atoms with Gasteiger partial charge in [0.25, 0.3) is 0 Å². The van der Waals surface area contributed by atoms with Crippen molar-refractivity contribution in [1.29, 1.82) is 0 Å². The highest BCUT2D eigenvalue weighted by atomic mass is 16.5. The van der Waals surface area contributed by atoms with Gasteiger partial charge in [-0.2, -0.15) is 0 Å². The summed E-state index contributed by atoms with van der Waals surface area (Å²) in [7, 11) is 1.68. The zero-order valence-electron chi connectivity index (χ0n) is 13.5. The van der Waals surface area contributed by atoms with Crippen molar-refractivity contribution in [2.75, 3.05) is 26.9 Å². The zero-order chi connectivity index (χ0) is 15.3. The molecule has 118 valence electrons. The number of carbonyl (C=O) groups is 1. The molecule has 4 heteroatoms. The number of carbonyl (C=O) groups excluding carboxylic acids is 1. The van der Waals surface area contributed by atoms with Crippen LogP contribution in [0.2, 0.25) is 0 Å². The van der Waals surface area contributed by atoms with Gasteiger partial charge in [0.2, 0.25) is 0 Å². The first-order chi connectivity index (χ1) is 10.0. The molecule has 0 radical (unpaired) electrons. The molecule has 0 saturated carbocycles. The summed E-state index contributed by atoms with van der Waals surface area (Å²) >= 11 is 0. The van der Waals surface area contributed by atoms with E-state index in [1.807, 2.05) is 6.07 Å². The number of fused-ring (bicyclic) bond motifs is 1. The predicted molar refractivity (Wildman–Crippen MR) is 82.8 cm³/mol. The van der Waals surface area contributed by atoms with Gasteiger partial charge < -0.3 is 14.0 Å². The quantitative estimate of drug-likeness (QED) is 0.692. The number of ketones is 1. The predicted octanol–water partition coefficient (Wildman–Crippen LogP) is 3.09. The molecule has 0 atom stereocenters. The SMILES string of the molecule is COCCOCCCCn1ccc2c1CC(C)(C)CC2=O. The Morgan fingerprint density at radius 2 is 2.00 bits per heavy atom. The molecule has 1 aliphatic carbocycles. The zero-order valence-corrected chi connectivity index (χ0v) is 13.5. The number of Topliss-reactive ketones (excluding diaryl/α,β-unsaturated/α-hetero) is 1. The molecule has 0 saturated heterocycles. The monoisotopic (exact) mass is 293 g/mol. The molecule has 1 heterocycles. The van der Waals surface area contributed by atoms with Crippen molar-refractivity contribution in [3.8, 4) is 0 Å². The number of methoxy groups -OCH3 is 1. The number of aromatic nitrogens is 1. The van der Waals surface area contributed by atoms with Crippen LogP contribution in [0.1, 0.15) is 49.2 Å². The minimum Gasteiger partial charge on any atom is -0.382 e. The third-order valence-corrected chi connectivity index (χ3v) is 4.03. The maximum atomic E-state index is 12.1. The van der Waals surface area contributed by atoms with Gasteiger partial charge in [-0.15, -0.1) is 0 Å². The van der Waals surface area contributed by atoms with Crippen LogP contribution in [0.5, 0.6) is 0 Å². The van der Waals surface area contributed by atoms with Crippen LogP contribution in [0.3, 0.4) is 0 Å². The molecule has 1 aliphatic rings. The molecule has 2 rings (SSSR count). The Labute approximate surface area is 127 Å². The highest BCUT2D eigenvalue weighted by Crippen LogP contribution is 2.35. The summed E-state index contributed by atoms with van der Waals surface area (Å²) in [5.74, 6) is 0.294. The molecule has 0 aliphatic heterocycles. The van der Waals surface area contributed by atoms with Crippen molar-refractivity contribution in [2.24, 2.45) is 5.41 Å². The summed E-state index contributed by atoms with van der Waals surface area (Å²) in [6, 6.07) is 1.99. The van der Waals surface area contributed by atoms with E-state index in [4.69, 9.17) is 9.47 Å². The van der Waals surface area contributed by atoms with Gasteiger partial charge in [0, 0.05) is 44.1 Å². The molecule has 21 heavy (non-hydrogen) atoms. The van der Waals surface area contributed by atoms with E-state index in [1.54, 1.807) is 7.11 Å². The summed E-state index contributed by atoms with van der Waals surface area (Å²) in [6.07, 6.45) is 5.83. The fourth-order valence-electron chi connectivity index (χ4n) is 2.94. The summed E-state index contributed by atoms with van der Waals surface area (Å²) in [5, 5.41) is 0. The first-order valence-corrected chi connectivity index (χ1v) is 7.81. The standard InChI is InChI=1S/C17H27NO3/c1-17(2)12-15-14(16(19)13-17)6-8-18(15)7-4-5-9-21-11-10-20-3/h6,8H,4-5,7,9-13H2,1-3H3. The van der Waals surface area contributed by atoms with Crippen LogP contribution in [0, 0.1) is 5.41 Å². The maximum Gasteiger partial charge on any atom is 0.165 e. The molecule has 1 aromatic rings. The molecule has 0 spiro atoms. The van der Waals surface area contributed by atoms with Crippen molar-refractivity contribution < 1.29 is 14.3 Å². The molecule has 0 bridgehead atoms. The van der Waals surface area contributed by atoms with Crippen LogP contribution < -0.4 is 0 Å². The third-order valence-electron chi connectivity index (χ3n) is 4.03. The van der Waals surface area contributed by atoms with Gasteiger partial charge in [-0.05, 0) is 30.7 Å². The second kappa shape index (κ2) is 7.23. The number of hydrogen-bond donors (Lipinski definition) is 0. The fraction of sp³-hybridized carbons (Fsp3) is 0.706. The number of hydrogen-bond acceptors (Lipinski definition) is 3. The van der Waals surface area contributed by atoms with Crippen LogP contribution in [0.4, 0.5) is 0 Å². The number of unbranched alkanes of at least 4 members (excludes halogenated alkanes) is 1. The fourth-order valence-corrected chi connectivity index (χ4v) is 2.94. The van der Waals surface area contributed by atoms with Crippen molar-refractivity contribution in [3.05, 3.63) is 23.5 Å². The lowest BCUT2D eigenvalue weighted by atomic mass is 9.76. The van der Waals surface area contributed by atoms with E-state index in [-0.39, 0.29) is 5.41 Å². The van der Waals surface area contributed by atoms with Crippen molar-refractivity contribution in [3.63, 3.8) is 0 Å². The molecule has 1 aromatic heterocycles. The van der Waals surface area contributed by atoms with E-state index in [0.717, 1.165) is 38.0 Å². The molecule has 0 amide bonds. The smallest absolute Gasteiger partial charge is 0.165 e. The normalized spacial score (nSPS) is 17.0. The lowest BCUT2D eigenvalue weighted by molar-refractivity contribution is 0.0683. The first kappa shape index (κ1) is 16.2. The Balaban J connectivity index is 1.82. The van der Waals surface area contributed by atoms with Crippen molar-refractivity contribution in [2.45, 2.75) is 46.1 Å². The van der Waals surface area contributed by atoms with Gasteiger partial charge in [0.05, 0.1) is 13.2 Å². The van der Waals surface area contributed by atoms with Crippen LogP contribution >= 0.6 is 0 Å². The summed E-state index contributed by atoms with van der Waals surface area (Å²) < 4.78 is 12.7. The minimum absolute atomic E-state index is 0.0868. The Bertz CT molecular complexity index is 476. The maximum absolute atomic E-state index is 12.1. The van der Waals surface area contributed by atoms with Crippen LogP contribution in [0.15, 0.2) is 12.3 Å². The Kier molecular flexibility index (Phi) is 5.59. The number of aryl methyl sites for hydroxylation is 1. The topological polar surface area (TPSA) is 40.5 Å². The average molecular weight is 293 g/mol. The van der Waals surface area contributed by atoms with E-state index < -0.39 is 0 Å². The van der Waals surface area contributed by atoms with E-state index >= 15 is 0 Å². The second-order valence-electron chi connectivity index (χ2n) is 6.62. The summed E-state index contributed by atoms with van der Waals surface area (Å²) in [5.41, 5.74) is 2.24. The van der Waals surface area contributed by atoms with Crippen LogP contribution in [-0.2, 0) is 22.4 Å². The average Bonchev–Trinajstić information content (AvgIpc) is 2.79. The molecular weight excluding hydrogens is 266 g/mol. The van der Waals surface area contributed by atoms with E-state index in [0.29, 0.717) is 25.4 Å². The van der Waals surface area contributed by atoms with Crippen LogP contribution in [-0.4, -0.2) is 37.3 Å². The lowest BCUT2D eigenvalue weighted by Crippen LogP contribution is -2.28. The highest BCUT2D eigenvalue weighted by molar-refractivity contribution is 5.98. The van der Waals surface area contributed by atoms with Gasteiger partial charge in [-0.3, -0.25) is 4.79 Å². The van der Waals surface area contributed by atoms with E-state index in [1.165, 1.54) is 5.69 Å². The minimum atomic E-state index is 0.0868. The Morgan fingerprint density at radius 3 is 2.76 bits per heavy atom. The number of rotatable bonds is 8. The molecule has 0 N–H and O–H groups in total. The largest absolute Gasteiger partial charge is 0.382 e. The first-order valence-electron chi connectivity index (χ1n) is 7.81. The van der Waals surface area contributed by atoms with Gasteiger partial charge in [0.15, 0.2) is 5.78 Å². The molecule has 0 aromatic carbocycles. The third kappa shape index (κ3) is 4.42. The Hall–Kier alpha value is -1.13. The van der Waals surface area contributed by atoms with Gasteiger partial charge >= 0.3 is 0 Å². The summed E-state index contributed by atoms with van der Waals surface area (Å²) in [4.78, 5) is 12.1. The van der Waals surface area contributed by atoms with Gasteiger partial charge in [0.1, 0.15) is 0 Å². The van der Waals surface area contributed by atoms with Crippen molar-refractivity contribution in [1.82, 2.24) is 4.57 Å². The number of nitrogens with zero attached hydrogens (tertiary/aromatic N) is 1. The lowest BCUT2D eigenvalue weighted by Gasteiger charge is -2.29. The molecule has 4 nitrogen and oxygen atoms in total. The second-order valence-corrected chi connectivity index (χ2v) is 6.62. The Morgan fingerprint density at radius 1 is 1.19 bits per heavy atom. The summed E-state index contributed by atoms with van der Waals surface area (Å²) in [6.45, 7) is 7.41. The van der Waals surface area contributed by atoms with Gasteiger partial charge in [-0.25, -0.2) is 0 Å². The van der Waals surface area contributed by atoms with Crippen LogP contribution in [0.25, 0.3) is 0 Å².